The first kappa shape index (κ1) is 10.4. The van der Waals surface area contributed by atoms with Gasteiger partial charge in [-0.25, -0.2) is 13.6 Å². The number of carbonyl (C=O) groups is 1. The van der Waals surface area contributed by atoms with E-state index in [9.17, 15) is 13.2 Å². The first-order valence-electron chi connectivity index (χ1n) is 3.46. The Bertz CT molecular complexity index is 444. The molecule has 0 aliphatic heterocycles. The van der Waals surface area contributed by atoms with E-state index >= 15 is 0 Å². The molecular formula is C7H9NO3S2. The molecule has 0 saturated carbocycles. The largest absolute Gasteiger partial charge is 0.294 e. The predicted molar refractivity (Wildman–Crippen MR) is 50.4 cm³/mol. The maximum absolute atomic E-state index is 11.0. The van der Waals surface area contributed by atoms with Gasteiger partial charge >= 0.3 is 0 Å². The van der Waals surface area contributed by atoms with Crippen LogP contribution in [0.2, 0.25) is 0 Å². The van der Waals surface area contributed by atoms with Crippen LogP contribution in [-0.4, -0.2) is 14.2 Å². The summed E-state index contributed by atoms with van der Waals surface area (Å²) in [7, 11) is -3.76. The molecule has 0 aliphatic carbocycles. The molecule has 1 heterocycles. The molecule has 0 saturated heterocycles. The first-order chi connectivity index (χ1) is 5.82. The van der Waals surface area contributed by atoms with Crippen molar-refractivity contribution in [1.82, 2.24) is 0 Å². The fraction of sp³-hybridized carbons (Fsp3) is 0.286. The lowest BCUT2D eigenvalue weighted by molar-refractivity contribution is 0.101. The Morgan fingerprint density at radius 3 is 2.38 bits per heavy atom. The summed E-state index contributed by atoms with van der Waals surface area (Å²) < 4.78 is 22.0. The molecule has 0 unspecified atom stereocenters. The van der Waals surface area contributed by atoms with Gasteiger partial charge in [-0.15, -0.1) is 11.3 Å². The molecule has 0 aromatic carbocycles. The van der Waals surface area contributed by atoms with E-state index in [1.54, 1.807) is 6.92 Å². The standard InChI is InChI=1S/C7H9NO3S2/c1-4-3-6(5(2)9)7(12-4)13(8,10)11/h3H,1-2H3,(H2,8,10,11). The highest BCUT2D eigenvalue weighted by Gasteiger charge is 2.19. The Kier molecular flexibility index (Phi) is 2.56. The maximum Gasteiger partial charge on any atom is 0.248 e. The summed E-state index contributed by atoms with van der Waals surface area (Å²) in [4.78, 5) is 11.8. The van der Waals surface area contributed by atoms with Crippen LogP contribution < -0.4 is 5.14 Å². The summed E-state index contributed by atoms with van der Waals surface area (Å²) in [6, 6.07) is 1.53. The Hall–Kier alpha value is -0.720. The van der Waals surface area contributed by atoms with Gasteiger partial charge in [0, 0.05) is 10.4 Å². The monoisotopic (exact) mass is 219 g/mol. The van der Waals surface area contributed by atoms with Crippen LogP contribution in [0.4, 0.5) is 0 Å². The average molecular weight is 219 g/mol. The van der Waals surface area contributed by atoms with Crippen molar-refractivity contribution in [3.63, 3.8) is 0 Å². The van der Waals surface area contributed by atoms with Crippen molar-refractivity contribution in [3.8, 4) is 0 Å². The van der Waals surface area contributed by atoms with Gasteiger partial charge in [0.15, 0.2) is 5.78 Å². The van der Waals surface area contributed by atoms with Gasteiger partial charge < -0.3 is 0 Å². The van der Waals surface area contributed by atoms with Crippen LogP contribution in [0, 0.1) is 6.92 Å². The van der Waals surface area contributed by atoms with E-state index in [2.05, 4.69) is 0 Å². The summed E-state index contributed by atoms with van der Waals surface area (Å²) >= 11 is 1.02. The zero-order valence-corrected chi connectivity index (χ0v) is 8.83. The third kappa shape index (κ3) is 2.15. The van der Waals surface area contributed by atoms with Crippen LogP contribution in [0.25, 0.3) is 0 Å². The Balaban J connectivity index is 3.46. The molecular weight excluding hydrogens is 210 g/mol. The predicted octanol–water partition coefficient (Wildman–Crippen LogP) is 0.907. The number of nitrogens with two attached hydrogens (primary N) is 1. The summed E-state index contributed by atoms with van der Waals surface area (Å²) in [6.45, 7) is 3.04. The molecule has 0 bridgehead atoms. The molecule has 6 heteroatoms. The molecule has 1 aromatic rings. The van der Waals surface area contributed by atoms with Crippen LogP contribution >= 0.6 is 11.3 Å². The number of hydrogen-bond acceptors (Lipinski definition) is 4. The number of aryl methyl sites for hydroxylation is 1. The van der Waals surface area contributed by atoms with Crippen LogP contribution in [0.15, 0.2) is 10.3 Å². The molecule has 0 atom stereocenters. The van der Waals surface area contributed by atoms with Crippen molar-refractivity contribution in [2.24, 2.45) is 5.14 Å². The number of sulfonamides is 1. The zero-order valence-electron chi connectivity index (χ0n) is 7.20. The molecule has 72 valence electrons. The third-order valence-corrected chi connectivity index (χ3v) is 3.99. The number of carbonyl (C=O) groups excluding carboxylic acids is 1. The van der Waals surface area contributed by atoms with E-state index in [0.717, 1.165) is 16.2 Å². The van der Waals surface area contributed by atoms with Crippen LogP contribution in [0.1, 0.15) is 22.2 Å². The lowest BCUT2D eigenvalue weighted by Crippen LogP contribution is -2.13. The van der Waals surface area contributed by atoms with Gasteiger partial charge in [-0.05, 0) is 19.9 Å². The smallest absolute Gasteiger partial charge is 0.248 e. The molecule has 0 aliphatic rings. The number of hydrogen-bond donors (Lipinski definition) is 1. The van der Waals surface area contributed by atoms with E-state index in [1.807, 2.05) is 0 Å². The summed E-state index contributed by atoms with van der Waals surface area (Å²) in [5.74, 6) is -0.284. The van der Waals surface area contributed by atoms with Crippen LogP contribution in [0.5, 0.6) is 0 Å². The molecule has 0 spiro atoms. The Morgan fingerprint density at radius 1 is 1.54 bits per heavy atom. The van der Waals surface area contributed by atoms with E-state index in [4.69, 9.17) is 5.14 Å². The van der Waals surface area contributed by atoms with E-state index in [1.165, 1.54) is 13.0 Å². The minimum atomic E-state index is -3.76. The second-order valence-electron chi connectivity index (χ2n) is 2.66. The second-order valence-corrected chi connectivity index (χ2v) is 5.67. The lowest BCUT2D eigenvalue weighted by Gasteiger charge is -1.95. The SMILES string of the molecule is CC(=O)c1cc(C)sc1S(N)(=O)=O. The number of rotatable bonds is 2. The van der Waals surface area contributed by atoms with Gasteiger partial charge in [0.2, 0.25) is 10.0 Å². The van der Waals surface area contributed by atoms with Crippen molar-refractivity contribution in [2.45, 2.75) is 18.1 Å². The highest BCUT2D eigenvalue weighted by molar-refractivity contribution is 7.91. The minimum absolute atomic E-state index is 0.0440. The molecule has 1 rings (SSSR count). The van der Waals surface area contributed by atoms with Gasteiger partial charge in [0.25, 0.3) is 0 Å². The second kappa shape index (κ2) is 3.21. The number of ketones is 1. The van der Waals surface area contributed by atoms with Gasteiger partial charge in [-0.2, -0.15) is 0 Å². The van der Waals surface area contributed by atoms with Crippen LogP contribution in [0.3, 0.4) is 0 Å². The summed E-state index contributed by atoms with van der Waals surface area (Å²) in [6.07, 6.45) is 0. The number of Topliss-reactive ketones (excluding diaryl/α,β-unsaturated/α-hetero) is 1. The van der Waals surface area contributed by atoms with E-state index in [-0.39, 0.29) is 15.6 Å². The normalized spacial score (nSPS) is 11.6. The molecule has 13 heavy (non-hydrogen) atoms. The fourth-order valence-electron chi connectivity index (χ4n) is 0.950. The highest BCUT2D eigenvalue weighted by Crippen LogP contribution is 2.25. The third-order valence-electron chi connectivity index (χ3n) is 1.46. The lowest BCUT2D eigenvalue weighted by atomic mass is 10.2. The zero-order chi connectivity index (χ0) is 10.2. The van der Waals surface area contributed by atoms with Crippen molar-refractivity contribution < 1.29 is 13.2 Å². The molecule has 2 N–H and O–H groups in total. The topological polar surface area (TPSA) is 77.2 Å². The van der Waals surface area contributed by atoms with E-state index < -0.39 is 10.0 Å². The quantitative estimate of drug-likeness (QED) is 0.751. The first-order valence-corrected chi connectivity index (χ1v) is 5.83. The molecule has 0 amide bonds. The molecule has 1 aromatic heterocycles. The molecule has 0 fully saturated rings. The summed E-state index contributed by atoms with van der Waals surface area (Å²) in [5, 5.41) is 4.94. The van der Waals surface area contributed by atoms with Crippen molar-refractivity contribution in [3.05, 3.63) is 16.5 Å². The number of primary sulfonamides is 1. The van der Waals surface area contributed by atoms with Gasteiger partial charge in [0.1, 0.15) is 4.21 Å². The Labute approximate surface area is 80.4 Å². The average Bonchev–Trinajstić information content (AvgIpc) is 2.29. The maximum atomic E-state index is 11.0. The highest BCUT2D eigenvalue weighted by atomic mass is 32.2. The molecule has 0 radical (unpaired) electrons. The van der Waals surface area contributed by atoms with E-state index in [0.29, 0.717) is 0 Å². The van der Waals surface area contributed by atoms with Gasteiger partial charge in [-0.3, -0.25) is 4.79 Å². The van der Waals surface area contributed by atoms with Crippen molar-refractivity contribution >= 4 is 27.1 Å². The van der Waals surface area contributed by atoms with Crippen molar-refractivity contribution in [2.75, 3.05) is 0 Å². The summed E-state index contributed by atoms with van der Waals surface area (Å²) in [5.41, 5.74) is 0.185. The van der Waals surface area contributed by atoms with Crippen LogP contribution in [-0.2, 0) is 10.0 Å². The van der Waals surface area contributed by atoms with Crippen molar-refractivity contribution in [1.29, 1.82) is 0 Å². The fourth-order valence-corrected chi connectivity index (χ4v) is 3.10. The van der Waals surface area contributed by atoms with Gasteiger partial charge in [0.05, 0.1) is 0 Å². The van der Waals surface area contributed by atoms with Gasteiger partial charge in [-0.1, -0.05) is 0 Å². The molecule has 4 nitrogen and oxygen atoms in total. The minimum Gasteiger partial charge on any atom is -0.294 e. The Morgan fingerprint density at radius 2 is 2.08 bits per heavy atom. The number of thiophene rings is 1.